The number of aliphatic hydroxyl groups is 5. The minimum Gasteiger partial charge on any atom is -0.462 e. The molecule has 10 atom stereocenters. The molecule has 0 aromatic heterocycles. The Morgan fingerprint density at radius 3 is 1.65 bits per heavy atom. The van der Waals surface area contributed by atoms with Crippen LogP contribution in [0.3, 0.4) is 0 Å². The van der Waals surface area contributed by atoms with Gasteiger partial charge in [0.25, 0.3) is 0 Å². The van der Waals surface area contributed by atoms with E-state index in [0.717, 1.165) is 70.6 Å². The molecule has 2 rings (SSSR count). The lowest BCUT2D eigenvalue weighted by Crippen LogP contribution is -2.64. The van der Waals surface area contributed by atoms with Gasteiger partial charge >= 0.3 is 19.8 Å². The third-order valence-electron chi connectivity index (χ3n) is 10.8. The number of hydrogen-bond donors (Lipinski definition) is 6. The molecule has 2 fully saturated rings. The molecule has 1 saturated heterocycles. The number of phosphoric acid groups is 1. The fourth-order valence-corrected chi connectivity index (χ4v) is 7.85. The first-order valence-electron chi connectivity index (χ1n) is 23.2. The predicted octanol–water partition coefficient (Wildman–Crippen LogP) is 7.93. The molecule has 0 aromatic carbocycles. The highest BCUT2D eigenvalue weighted by atomic mass is 31.2. The van der Waals surface area contributed by atoms with E-state index in [4.69, 9.17) is 23.3 Å². The third kappa shape index (κ3) is 25.7. The molecule has 0 amide bonds. The van der Waals surface area contributed by atoms with Gasteiger partial charge in [-0.05, 0) is 83.5 Å². The summed E-state index contributed by atoms with van der Waals surface area (Å²) in [4.78, 5) is 35.8. The summed E-state index contributed by atoms with van der Waals surface area (Å²) in [5.74, 6) is -1.20. The van der Waals surface area contributed by atoms with Gasteiger partial charge in [-0.3, -0.25) is 18.6 Å². The molecule has 5 unspecified atom stereocenters. The van der Waals surface area contributed by atoms with Crippen LogP contribution in [-0.4, -0.2) is 111 Å². The van der Waals surface area contributed by atoms with Crippen LogP contribution >= 0.6 is 7.82 Å². The van der Waals surface area contributed by atoms with E-state index >= 15 is 0 Å². The number of hydrogen-bond acceptors (Lipinski definition) is 13. The number of phosphoric ester groups is 1. The second-order valence-electron chi connectivity index (χ2n) is 16.3. The number of epoxide rings is 1. The number of ether oxygens (including phenoxy) is 3. The molecule has 62 heavy (non-hydrogen) atoms. The number of carbonyl (C=O) groups is 2. The summed E-state index contributed by atoms with van der Waals surface area (Å²) in [6, 6.07) is 0. The topological polar surface area (TPSA) is 222 Å². The van der Waals surface area contributed by atoms with Crippen molar-refractivity contribution in [1.29, 1.82) is 0 Å². The average Bonchev–Trinajstić information content (AvgIpc) is 4.01. The van der Waals surface area contributed by atoms with Crippen molar-refractivity contribution < 1.29 is 67.8 Å². The van der Waals surface area contributed by atoms with E-state index in [9.17, 15) is 44.6 Å². The largest absolute Gasteiger partial charge is 0.472 e. The van der Waals surface area contributed by atoms with Gasteiger partial charge in [0, 0.05) is 12.8 Å². The van der Waals surface area contributed by atoms with E-state index in [0.29, 0.717) is 19.3 Å². The SMILES string of the molecule is CCCCC/C=C\C/C=C\C/C=C\CC1OC1CCCC(=O)OC[C@H](COP(=O)(O)OC1[C@H](O)[C@H](O)C(O)[C@H](O)[C@H]1O)OC(=O)CCCCCCC/C=C\C/C=C\CCCCC. The van der Waals surface area contributed by atoms with Crippen molar-refractivity contribution in [2.45, 2.75) is 210 Å². The van der Waals surface area contributed by atoms with Crippen molar-refractivity contribution in [2.75, 3.05) is 13.2 Å². The quantitative estimate of drug-likeness (QED) is 0.0116. The zero-order valence-electron chi connectivity index (χ0n) is 37.3. The Morgan fingerprint density at radius 2 is 1.06 bits per heavy atom. The first kappa shape index (κ1) is 55.6. The van der Waals surface area contributed by atoms with Crippen LogP contribution in [0.5, 0.6) is 0 Å². The van der Waals surface area contributed by atoms with Crippen LogP contribution in [-0.2, 0) is 37.4 Å². The molecule has 1 saturated carbocycles. The second-order valence-corrected chi connectivity index (χ2v) is 17.7. The van der Waals surface area contributed by atoms with Crippen molar-refractivity contribution in [3.63, 3.8) is 0 Å². The number of unbranched alkanes of at least 4 members (excludes halogenated alkanes) is 11. The van der Waals surface area contributed by atoms with Gasteiger partial charge in [-0.25, -0.2) is 4.57 Å². The fourth-order valence-electron chi connectivity index (χ4n) is 6.87. The number of carbonyl (C=O) groups excluding carboxylic acids is 2. The molecule has 2 aliphatic rings. The molecular weight excluding hydrogens is 819 g/mol. The van der Waals surface area contributed by atoms with Crippen molar-refractivity contribution in [1.82, 2.24) is 0 Å². The second kappa shape index (κ2) is 33.9. The summed E-state index contributed by atoms with van der Waals surface area (Å²) < 4.78 is 39.3. The minimum absolute atomic E-state index is 0.0579. The molecule has 14 nitrogen and oxygen atoms in total. The molecule has 0 spiro atoms. The summed E-state index contributed by atoms with van der Waals surface area (Å²) in [6.45, 7) is 3.16. The van der Waals surface area contributed by atoms with E-state index < -0.39 is 75.7 Å². The van der Waals surface area contributed by atoms with Crippen LogP contribution in [0.15, 0.2) is 60.8 Å². The molecule has 0 aromatic rings. The van der Waals surface area contributed by atoms with Crippen molar-refractivity contribution in [3.8, 4) is 0 Å². The van der Waals surface area contributed by atoms with Crippen molar-refractivity contribution >= 4 is 19.8 Å². The van der Waals surface area contributed by atoms with Crippen LogP contribution in [0.25, 0.3) is 0 Å². The van der Waals surface area contributed by atoms with Gasteiger partial charge < -0.3 is 44.6 Å². The minimum atomic E-state index is -5.15. The van der Waals surface area contributed by atoms with Gasteiger partial charge in [0.1, 0.15) is 43.2 Å². The highest BCUT2D eigenvalue weighted by Gasteiger charge is 2.51. The van der Waals surface area contributed by atoms with E-state index in [1.165, 1.54) is 38.5 Å². The molecule has 1 heterocycles. The summed E-state index contributed by atoms with van der Waals surface area (Å²) >= 11 is 0. The Labute approximate surface area is 370 Å². The maximum absolute atomic E-state index is 12.8. The lowest BCUT2D eigenvalue weighted by molar-refractivity contribution is -0.220. The third-order valence-corrected chi connectivity index (χ3v) is 11.7. The van der Waals surface area contributed by atoms with Gasteiger partial charge in [0.2, 0.25) is 0 Å². The lowest BCUT2D eigenvalue weighted by Gasteiger charge is -2.41. The van der Waals surface area contributed by atoms with Gasteiger partial charge in [0.15, 0.2) is 6.10 Å². The van der Waals surface area contributed by atoms with E-state index in [1.54, 1.807) is 0 Å². The predicted molar refractivity (Wildman–Crippen MR) is 239 cm³/mol. The maximum Gasteiger partial charge on any atom is 0.472 e. The van der Waals surface area contributed by atoms with Gasteiger partial charge in [-0.1, -0.05) is 120 Å². The average molecular weight is 899 g/mol. The number of allylic oxidation sites excluding steroid dienone is 9. The molecule has 6 N–H and O–H groups in total. The Kier molecular flexibility index (Phi) is 30.5. The normalized spacial score (nSPS) is 25.7. The monoisotopic (exact) mass is 899 g/mol. The summed E-state index contributed by atoms with van der Waals surface area (Å²) in [7, 11) is -5.15. The Bertz CT molecular complexity index is 1380. The van der Waals surface area contributed by atoms with Crippen LogP contribution in [0.4, 0.5) is 0 Å². The van der Waals surface area contributed by atoms with Crippen molar-refractivity contribution in [3.05, 3.63) is 60.8 Å². The lowest BCUT2D eigenvalue weighted by atomic mass is 9.85. The van der Waals surface area contributed by atoms with Crippen LogP contribution in [0, 0.1) is 0 Å². The zero-order valence-corrected chi connectivity index (χ0v) is 38.2. The van der Waals surface area contributed by atoms with E-state index in [-0.39, 0.29) is 25.0 Å². The first-order valence-corrected chi connectivity index (χ1v) is 24.7. The highest BCUT2D eigenvalue weighted by molar-refractivity contribution is 7.47. The molecule has 15 heteroatoms. The molecule has 0 bridgehead atoms. The van der Waals surface area contributed by atoms with Gasteiger partial charge in [-0.15, -0.1) is 0 Å². The summed E-state index contributed by atoms with van der Waals surface area (Å²) in [5.41, 5.74) is 0. The first-order chi connectivity index (χ1) is 29.9. The molecule has 356 valence electrons. The standard InChI is InChI=1S/C47H79O14P/c1-3-5-7-9-11-13-15-17-18-19-21-23-25-27-29-33-41(49)59-37(36-58-62(55,56)61-47-45(53)43(51)42(50)44(52)46(47)54)35-57-40(48)34-30-32-39-38(60-39)31-28-26-24-22-20-16-14-12-10-8-6-4-2/h11-14,17-18,20,22,26,28,37-39,42-47,50-54H,3-10,15-16,19,21,23-25,27,29-36H2,1-2H3,(H,55,56)/b13-11-,14-12-,18-17-,22-20-,28-26-/t37-,38?,39?,42?,43-,44+,45-,46-,47?/m1/s1. The maximum atomic E-state index is 12.8. The number of aliphatic hydroxyl groups excluding tert-OH is 5. The van der Waals surface area contributed by atoms with E-state index in [2.05, 4.69) is 74.6 Å². The number of rotatable bonds is 36. The van der Waals surface area contributed by atoms with E-state index in [1.807, 2.05) is 0 Å². The fraction of sp³-hybridized carbons (Fsp3) is 0.745. The Balaban J connectivity index is 1.75. The van der Waals surface area contributed by atoms with Crippen LogP contribution < -0.4 is 0 Å². The van der Waals surface area contributed by atoms with Crippen LogP contribution in [0.1, 0.15) is 155 Å². The summed E-state index contributed by atoms with van der Waals surface area (Å²) in [5, 5.41) is 50.2. The highest BCUT2D eigenvalue weighted by Crippen LogP contribution is 2.47. The van der Waals surface area contributed by atoms with Gasteiger partial charge in [0.05, 0.1) is 18.8 Å². The number of esters is 2. The Hall–Kier alpha value is -2.49. The van der Waals surface area contributed by atoms with Crippen molar-refractivity contribution in [2.24, 2.45) is 0 Å². The molecule has 1 aliphatic carbocycles. The molecule has 1 aliphatic heterocycles. The van der Waals surface area contributed by atoms with Gasteiger partial charge in [-0.2, -0.15) is 0 Å². The summed E-state index contributed by atoms with van der Waals surface area (Å²) in [6.07, 6.45) is 28.6. The Morgan fingerprint density at radius 1 is 0.581 bits per heavy atom. The molecular formula is C47H79O14P. The zero-order chi connectivity index (χ0) is 45.4. The smallest absolute Gasteiger partial charge is 0.462 e. The van der Waals surface area contributed by atoms with Crippen LogP contribution in [0.2, 0.25) is 0 Å². The molecule has 0 radical (unpaired) electrons.